The van der Waals surface area contributed by atoms with Crippen LogP contribution in [0.3, 0.4) is 0 Å². The Balaban J connectivity index is 2.03. The van der Waals surface area contributed by atoms with Crippen molar-refractivity contribution < 1.29 is 9.84 Å². The maximum absolute atomic E-state index is 9.56. The molecule has 0 aliphatic carbocycles. The fraction of sp³-hybridized carbons (Fsp3) is 0.625. The van der Waals surface area contributed by atoms with Crippen LogP contribution in [0.4, 0.5) is 0 Å². The molecule has 2 nitrogen and oxygen atoms in total. The number of thioether (sulfide) groups is 1. The molecule has 1 rings (SSSR count). The zero-order valence-electron chi connectivity index (χ0n) is 12.2. The normalized spacial score (nSPS) is 10.6. The average Bonchev–Trinajstić information content (AvgIpc) is 2.41. The minimum absolute atomic E-state index is 0.304. The van der Waals surface area contributed by atoms with Crippen molar-refractivity contribution >= 4 is 11.8 Å². The van der Waals surface area contributed by atoms with Crippen LogP contribution < -0.4 is 4.74 Å². The van der Waals surface area contributed by atoms with Gasteiger partial charge >= 0.3 is 0 Å². The first kappa shape index (κ1) is 16.2. The SMILES string of the molecule is CCCCCCCCSCOc1cccc(O)c1C. The van der Waals surface area contributed by atoms with E-state index in [1.165, 1.54) is 38.5 Å². The summed E-state index contributed by atoms with van der Waals surface area (Å²) in [5.74, 6) is 2.91. The van der Waals surface area contributed by atoms with Crippen LogP contribution in [0.15, 0.2) is 18.2 Å². The number of hydrogen-bond acceptors (Lipinski definition) is 3. The zero-order chi connectivity index (χ0) is 13.9. The largest absolute Gasteiger partial charge is 0.508 e. The van der Waals surface area contributed by atoms with Gasteiger partial charge in [0.25, 0.3) is 0 Å². The van der Waals surface area contributed by atoms with Crippen LogP contribution in [-0.4, -0.2) is 16.8 Å². The first-order valence-electron chi connectivity index (χ1n) is 7.24. The molecule has 1 aromatic rings. The molecule has 0 spiro atoms. The van der Waals surface area contributed by atoms with Crippen LogP contribution in [0.5, 0.6) is 11.5 Å². The molecule has 0 heterocycles. The standard InChI is InChI=1S/C16H26O2S/c1-3-4-5-6-7-8-12-19-13-18-16-11-9-10-15(17)14(16)2/h9-11,17H,3-8,12-13H2,1-2H3. The molecule has 0 bridgehead atoms. The van der Waals surface area contributed by atoms with E-state index in [0.29, 0.717) is 11.7 Å². The summed E-state index contributed by atoms with van der Waals surface area (Å²) in [6.45, 7) is 4.12. The number of phenolic OH excluding ortho intramolecular Hbond substituents is 1. The van der Waals surface area contributed by atoms with Crippen molar-refractivity contribution in [3.8, 4) is 11.5 Å². The smallest absolute Gasteiger partial charge is 0.134 e. The lowest BCUT2D eigenvalue weighted by molar-refractivity contribution is 0.383. The summed E-state index contributed by atoms with van der Waals surface area (Å²) in [4.78, 5) is 0. The molecule has 108 valence electrons. The van der Waals surface area contributed by atoms with Gasteiger partial charge in [0.05, 0.1) is 0 Å². The van der Waals surface area contributed by atoms with Crippen LogP contribution in [0, 0.1) is 6.92 Å². The molecule has 0 aromatic heterocycles. The highest BCUT2D eigenvalue weighted by Crippen LogP contribution is 2.26. The highest BCUT2D eigenvalue weighted by Gasteiger charge is 2.03. The van der Waals surface area contributed by atoms with Crippen molar-refractivity contribution in [2.75, 3.05) is 11.7 Å². The van der Waals surface area contributed by atoms with Gasteiger partial charge in [0.2, 0.25) is 0 Å². The number of rotatable bonds is 10. The molecule has 0 radical (unpaired) electrons. The lowest BCUT2D eigenvalue weighted by Crippen LogP contribution is -1.96. The van der Waals surface area contributed by atoms with Gasteiger partial charge < -0.3 is 9.84 Å². The van der Waals surface area contributed by atoms with Gasteiger partial charge in [-0.25, -0.2) is 0 Å². The molecule has 0 amide bonds. The Morgan fingerprint density at radius 3 is 2.63 bits per heavy atom. The fourth-order valence-corrected chi connectivity index (χ4v) is 2.64. The van der Waals surface area contributed by atoms with Gasteiger partial charge in [-0.15, -0.1) is 11.8 Å². The van der Waals surface area contributed by atoms with Gasteiger partial charge in [-0.05, 0) is 31.2 Å². The summed E-state index contributed by atoms with van der Waals surface area (Å²) in [5, 5.41) is 9.56. The maximum Gasteiger partial charge on any atom is 0.134 e. The number of aromatic hydroxyl groups is 1. The number of benzene rings is 1. The van der Waals surface area contributed by atoms with E-state index in [-0.39, 0.29) is 0 Å². The lowest BCUT2D eigenvalue weighted by atomic mass is 10.1. The minimum atomic E-state index is 0.304. The van der Waals surface area contributed by atoms with E-state index in [4.69, 9.17) is 4.74 Å². The summed E-state index contributed by atoms with van der Waals surface area (Å²) in [5.41, 5.74) is 0.822. The van der Waals surface area contributed by atoms with E-state index in [1.54, 1.807) is 6.07 Å². The Kier molecular flexibility index (Phi) is 8.55. The Labute approximate surface area is 121 Å². The molecule has 3 heteroatoms. The quantitative estimate of drug-likeness (QED) is 0.476. The van der Waals surface area contributed by atoms with E-state index >= 15 is 0 Å². The number of phenols is 1. The Morgan fingerprint density at radius 1 is 1.11 bits per heavy atom. The van der Waals surface area contributed by atoms with Gasteiger partial charge in [0, 0.05) is 5.56 Å². The Morgan fingerprint density at radius 2 is 1.84 bits per heavy atom. The molecule has 0 saturated carbocycles. The third kappa shape index (κ3) is 6.76. The van der Waals surface area contributed by atoms with Crippen molar-refractivity contribution in [1.82, 2.24) is 0 Å². The van der Waals surface area contributed by atoms with Crippen molar-refractivity contribution in [2.24, 2.45) is 0 Å². The number of unbranched alkanes of at least 4 members (excludes halogenated alkanes) is 5. The molecule has 0 fully saturated rings. The summed E-state index contributed by atoms with van der Waals surface area (Å²) >= 11 is 1.82. The summed E-state index contributed by atoms with van der Waals surface area (Å²) < 4.78 is 5.67. The van der Waals surface area contributed by atoms with E-state index < -0.39 is 0 Å². The molecule has 0 unspecified atom stereocenters. The molecular formula is C16H26O2S. The van der Waals surface area contributed by atoms with E-state index in [9.17, 15) is 5.11 Å². The maximum atomic E-state index is 9.56. The first-order chi connectivity index (χ1) is 9.25. The Bertz CT molecular complexity index is 353. The first-order valence-corrected chi connectivity index (χ1v) is 8.40. The molecule has 19 heavy (non-hydrogen) atoms. The van der Waals surface area contributed by atoms with E-state index in [0.717, 1.165) is 17.1 Å². The van der Waals surface area contributed by atoms with Gasteiger partial charge in [-0.3, -0.25) is 0 Å². The van der Waals surface area contributed by atoms with Gasteiger partial charge in [-0.2, -0.15) is 0 Å². The topological polar surface area (TPSA) is 29.5 Å². The van der Waals surface area contributed by atoms with Crippen molar-refractivity contribution in [3.63, 3.8) is 0 Å². The van der Waals surface area contributed by atoms with Crippen LogP contribution in [0.2, 0.25) is 0 Å². The summed E-state index contributed by atoms with van der Waals surface area (Å²) in [7, 11) is 0. The van der Waals surface area contributed by atoms with Gasteiger partial charge in [-0.1, -0.05) is 45.1 Å². The lowest BCUT2D eigenvalue weighted by Gasteiger charge is -2.09. The second kappa shape index (κ2) is 10.0. The van der Waals surface area contributed by atoms with Gasteiger partial charge in [0.15, 0.2) is 0 Å². The third-order valence-corrected chi connectivity index (χ3v) is 4.06. The molecular weight excluding hydrogens is 256 g/mol. The third-order valence-electron chi connectivity index (χ3n) is 3.20. The zero-order valence-corrected chi connectivity index (χ0v) is 13.0. The summed E-state index contributed by atoms with van der Waals surface area (Å²) in [6.07, 6.45) is 8.02. The molecule has 1 N–H and O–H groups in total. The fourth-order valence-electron chi connectivity index (χ4n) is 1.91. The van der Waals surface area contributed by atoms with Crippen LogP contribution in [-0.2, 0) is 0 Å². The second-order valence-corrected chi connectivity index (χ2v) is 5.89. The van der Waals surface area contributed by atoms with Crippen molar-refractivity contribution in [3.05, 3.63) is 23.8 Å². The monoisotopic (exact) mass is 282 g/mol. The highest BCUT2D eigenvalue weighted by atomic mass is 32.2. The van der Waals surface area contributed by atoms with E-state index in [1.807, 2.05) is 30.8 Å². The number of hydrogen-bond donors (Lipinski definition) is 1. The highest BCUT2D eigenvalue weighted by molar-refractivity contribution is 7.99. The molecule has 0 aliphatic heterocycles. The van der Waals surface area contributed by atoms with Crippen molar-refractivity contribution in [1.29, 1.82) is 0 Å². The van der Waals surface area contributed by atoms with Crippen LogP contribution in [0.1, 0.15) is 51.0 Å². The average molecular weight is 282 g/mol. The van der Waals surface area contributed by atoms with Gasteiger partial charge in [0.1, 0.15) is 17.4 Å². The molecule has 1 aromatic carbocycles. The predicted octanol–water partition coefficient (Wildman–Crippen LogP) is 5.13. The minimum Gasteiger partial charge on any atom is -0.508 e. The van der Waals surface area contributed by atoms with Crippen LogP contribution in [0.25, 0.3) is 0 Å². The molecule has 0 aliphatic rings. The van der Waals surface area contributed by atoms with Crippen molar-refractivity contribution in [2.45, 2.75) is 52.4 Å². The second-order valence-electron chi connectivity index (χ2n) is 4.84. The van der Waals surface area contributed by atoms with Crippen LogP contribution >= 0.6 is 11.8 Å². The molecule has 0 atom stereocenters. The number of ether oxygens (including phenoxy) is 1. The summed E-state index contributed by atoms with van der Waals surface area (Å²) in [6, 6.07) is 5.40. The van der Waals surface area contributed by atoms with E-state index in [2.05, 4.69) is 6.92 Å². The predicted molar refractivity (Wildman–Crippen MR) is 84.2 cm³/mol. The Hall–Kier alpha value is -0.830. The molecule has 0 saturated heterocycles.